The number of aliphatic carboxylic acids is 2. The number of carbonyl (C=O) groups excluding carboxylic acids is 4. The molecule has 3 atom stereocenters. The molecule has 0 heterocycles. The average molecular weight is 658 g/mol. The highest BCUT2D eigenvalue weighted by Crippen LogP contribution is 2.64. The van der Waals surface area contributed by atoms with E-state index in [0.717, 1.165) is 0 Å². The maximum atomic E-state index is 15.5. The zero-order valence-corrected chi connectivity index (χ0v) is 25.0. The lowest BCUT2D eigenvalue weighted by Crippen LogP contribution is -2.56. The molecule has 46 heavy (non-hydrogen) atoms. The number of carbonyl (C=O) groups is 6. The molecule has 1 aromatic carbocycles. The van der Waals surface area contributed by atoms with Crippen LogP contribution in [0, 0.1) is 27.4 Å². The van der Waals surface area contributed by atoms with Crippen LogP contribution in [0.4, 0.5) is 8.78 Å². The first kappa shape index (κ1) is 35.8. The summed E-state index contributed by atoms with van der Waals surface area (Å²) in [5.41, 5.74) is -1.82. The Balaban J connectivity index is 2.05. The summed E-state index contributed by atoms with van der Waals surface area (Å²) >= 11 is 0. The molecular formula is C29H33F2NO14. The number of esters is 3. The van der Waals surface area contributed by atoms with Crippen LogP contribution in [-0.4, -0.2) is 64.1 Å². The molecular weight excluding hydrogens is 624 g/mol. The van der Waals surface area contributed by atoms with Crippen molar-refractivity contribution >= 4 is 35.6 Å². The fraction of sp³-hybridized carbons (Fsp3) is 0.586. The number of carboxylic acids is 2. The predicted molar refractivity (Wildman–Crippen MR) is 146 cm³/mol. The van der Waals surface area contributed by atoms with Gasteiger partial charge < -0.3 is 29.3 Å². The molecule has 2 bridgehead atoms. The summed E-state index contributed by atoms with van der Waals surface area (Å²) in [6, 6.07) is 1.30. The van der Waals surface area contributed by atoms with Gasteiger partial charge in [-0.3, -0.25) is 24.0 Å². The first-order valence-electron chi connectivity index (χ1n) is 14.3. The van der Waals surface area contributed by atoms with E-state index in [9.17, 15) is 38.9 Å². The summed E-state index contributed by atoms with van der Waals surface area (Å²) in [6.45, 7) is 2.73. The normalized spacial score (nSPS) is 19.7. The highest BCUT2D eigenvalue weighted by Gasteiger charge is 2.59. The molecule has 3 saturated carbocycles. The van der Waals surface area contributed by atoms with E-state index in [1.165, 1.54) is 0 Å². The highest BCUT2D eigenvalue weighted by molar-refractivity contribution is 5.87. The van der Waals surface area contributed by atoms with Crippen molar-refractivity contribution in [1.82, 2.24) is 0 Å². The van der Waals surface area contributed by atoms with E-state index in [4.69, 9.17) is 19.7 Å². The number of rotatable bonds is 17. The standard InChI is InChI=1S/C29H33F2NO14/c1-28(2)17-14-18(28)19(33)13-16(17)26-20(45-24(38)7-5-22(34)35)11-15(12-21(26)46-25(39)8-6-23(36)37)29(30,31)27(40)43-9-3-4-10-44-32(41)42/h11-12,16-18H,3-10,13-14H2,1-2H3,(H,34,35)(H,36,37)/t16-,17+,18-/m0/s1. The molecule has 3 aliphatic rings. The minimum Gasteiger partial charge on any atom is -0.481 e. The number of ketones is 1. The van der Waals surface area contributed by atoms with E-state index >= 15 is 8.78 Å². The van der Waals surface area contributed by atoms with Crippen molar-refractivity contribution in [3.63, 3.8) is 0 Å². The van der Waals surface area contributed by atoms with Crippen LogP contribution in [-0.2, 0) is 44.3 Å². The number of Topliss-reactive ketones (excluding diaryl/α,β-unsaturated/α-hetero) is 1. The van der Waals surface area contributed by atoms with Gasteiger partial charge in [0.05, 0.1) is 38.9 Å². The first-order chi connectivity index (χ1) is 21.4. The number of carboxylic acid groups (broad SMARTS) is 2. The van der Waals surface area contributed by atoms with E-state index in [2.05, 4.69) is 9.57 Å². The minimum atomic E-state index is -4.44. The van der Waals surface area contributed by atoms with Crippen molar-refractivity contribution in [2.75, 3.05) is 13.2 Å². The second kappa shape index (κ2) is 14.6. The number of hydrogen-bond acceptors (Lipinski definition) is 12. The number of halogens is 2. The Kier molecular flexibility index (Phi) is 11.4. The van der Waals surface area contributed by atoms with Gasteiger partial charge in [-0.1, -0.05) is 13.8 Å². The van der Waals surface area contributed by atoms with Crippen molar-refractivity contribution in [3.05, 3.63) is 33.4 Å². The monoisotopic (exact) mass is 657 g/mol. The van der Waals surface area contributed by atoms with Gasteiger partial charge in [0.15, 0.2) is 0 Å². The van der Waals surface area contributed by atoms with Crippen LogP contribution in [0.25, 0.3) is 0 Å². The molecule has 3 fully saturated rings. The fourth-order valence-corrected chi connectivity index (χ4v) is 5.79. The Morgan fingerprint density at radius 3 is 1.93 bits per heavy atom. The van der Waals surface area contributed by atoms with Crippen LogP contribution in [0.2, 0.25) is 0 Å². The van der Waals surface area contributed by atoms with Crippen molar-refractivity contribution < 1.29 is 71.9 Å². The molecule has 4 rings (SSSR count). The largest absolute Gasteiger partial charge is 0.481 e. The van der Waals surface area contributed by atoms with Gasteiger partial charge in [0, 0.05) is 29.4 Å². The molecule has 0 saturated heterocycles. The Bertz CT molecular complexity index is 1350. The van der Waals surface area contributed by atoms with Gasteiger partial charge in [-0.05, 0) is 42.7 Å². The van der Waals surface area contributed by atoms with Crippen molar-refractivity contribution in [1.29, 1.82) is 0 Å². The van der Waals surface area contributed by atoms with Gasteiger partial charge >= 0.3 is 35.8 Å². The third kappa shape index (κ3) is 8.51. The summed E-state index contributed by atoms with van der Waals surface area (Å²) in [5, 5.41) is 27.1. The van der Waals surface area contributed by atoms with E-state index in [-0.39, 0.29) is 49.1 Å². The maximum Gasteiger partial charge on any atom is 0.381 e. The molecule has 1 aromatic rings. The van der Waals surface area contributed by atoms with E-state index < -0.39 is 102 Å². The van der Waals surface area contributed by atoms with Crippen LogP contribution in [0.5, 0.6) is 11.5 Å². The number of fused-ring (bicyclic) bond motifs is 2. The third-order valence-electron chi connectivity index (χ3n) is 8.23. The fourth-order valence-electron chi connectivity index (χ4n) is 5.79. The molecule has 0 aromatic heterocycles. The van der Waals surface area contributed by atoms with Gasteiger partial charge in [-0.25, -0.2) is 4.79 Å². The van der Waals surface area contributed by atoms with Gasteiger partial charge in [0.25, 0.3) is 5.09 Å². The van der Waals surface area contributed by atoms with Crippen LogP contribution in [0.1, 0.15) is 82.3 Å². The Morgan fingerprint density at radius 2 is 1.48 bits per heavy atom. The van der Waals surface area contributed by atoms with Gasteiger partial charge in [0.2, 0.25) is 0 Å². The van der Waals surface area contributed by atoms with Crippen molar-refractivity contribution in [3.8, 4) is 11.5 Å². The molecule has 15 nitrogen and oxygen atoms in total. The molecule has 0 amide bonds. The second-order valence-corrected chi connectivity index (χ2v) is 11.6. The second-order valence-electron chi connectivity index (χ2n) is 11.6. The lowest BCUT2D eigenvalue weighted by molar-refractivity contribution is -0.757. The zero-order chi connectivity index (χ0) is 34.4. The number of alkyl halides is 2. The average Bonchev–Trinajstić information content (AvgIpc) is 2.95. The summed E-state index contributed by atoms with van der Waals surface area (Å²) < 4.78 is 46.4. The molecule has 0 spiro atoms. The number of benzene rings is 1. The number of ether oxygens (including phenoxy) is 3. The van der Waals surface area contributed by atoms with Crippen molar-refractivity contribution in [2.24, 2.45) is 17.3 Å². The quantitative estimate of drug-likeness (QED) is 0.0804. The molecule has 0 aliphatic heterocycles. The summed E-state index contributed by atoms with van der Waals surface area (Å²) in [4.78, 5) is 87.1. The molecule has 17 heteroatoms. The smallest absolute Gasteiger partial charge is 0.381 e. The maximum absolute atomic E-state index is 15.5. The van der Waals surface area contributed by atoms with Crippen LogP contribution < -0.4 is 9.47 Å². The molecule has 0 unspecified atom stereocenters. The van der Waals surface area contributed by atoms with Crippen LogP contribution in [0.3, 0.4) is 0 Å². The summed E-state index contributed by atoms with van der Waals surface area (Å²) in [7, 11) is 0. The molecule has 252 valence electrons. The Labute approximate surface area is 260 Å². The van der Waals surface area contributed by atoms with Crippen LogP contribution >= 0.6 is 0 Å². The van der Waals surface area contributed by atoms with Crippen molar-refractivity contribution in [2.45, 2.75) is 77.1 Å². The minimum absolute atomic E-state index is 0.000105. The number of hydrogen-bond donors (Lipinski definition) is 2. The summed E-state index contributed by atoms with van der Waals surface area (Å²) in [5.74, 6) is -14.2. The highest BCUT2D eigenvalue weighted by atomic mass is 19.3. The summed E-state index contributed by atoms with van der Waals surface area (Å²) in [6.07, 6.45) is -2.47. The van der Waals surface area contributed by atoms with E-state index in [1.807, 2.05) is 13.8 Å². The van der Waals surface area contributed by atoms with E-state index in [0.29, 0.717) is 18.6 Å². The zero-order valence-electron chi connectivity index (χ0n) is 25.0. The first-order valence-corrected chi connectivity index (χ1v) is 14.3. The van der Waals surface area contributed by atoms with Crippen LogP contribution in [0.15, 0.2) is 12.1 Å². The lowest BCUT2D eigenvalue weighted by atomic mass is 9.44. The van der Waals surface area contributed by atoms with Gasteiger partial charge in [0.1, 0.15) is 17.3 Å². The third-order valence-corrected chi connectivity index (χ3v) is 8.23. The number of nitrogens with zero attached hydrogens (tertiary/aromatic N) is 1. The van der Waals surface area contributed by atoms with E-state index in [1.54, 1.807) is 0 Å². The Hall–Kier alpha value is -4.70. The van der Waals surface area contributed by atoms with Gasteiger partial charge in [-0.2, -0.15) is 8.78 Å². The molecule has 3 aliphatic carbocycles. The topological polar surface area (TPSA) is 223 Å². The molecule has 2 N–H and O–H groups in total. The molecule has 0 radical (unpaired) electrons. The van der Waals surface area contributed by atoms with Gasteiger partial charge in [-0.15, -0.1) is 10.1 Å². The predicted octanol–water partition coefficient (Wildman–Crippen LogP) is 3.57. The SMILES string of the molecule is CC1(C)[C@@H]2C[C@H]1C(=O)C[C@@H]2c1c(OC(=O)CCC(=O)O)cc(C(F)(F)C(=O)OCCCCO[N+](=O)[O-])cc1OC(=O)CCC(=O)O. The lowest BCUT2D eigenvalue weighted by Gasteiger charge is -2.59. The Morgan fingerprint density at radius 1 is 0.957 bits per heavy atom. The number of unbranched alkanes of at least 4 members (excludes halogenated alkanes) is 1.